The maximum absolute atomic E-state index is 4.87. The number of benzene rings is 1. The third kappa shape index (κ3) is 7.31. The number of aryl methyl sites for hydroxylation is 2. The fourth-order valence-corrected chi connectivity index (χ4v) is 1.27. The topological polar surface area (TPSA) is 12.0 Å². The Bertz CT molecular complexity index is 269. The molecule has 0 aliphatic heterocycles. The van der Waals surface area contributed by atoms with Crippen molar-refractivity contribution in [2.75, 3.05) is 11.9 Å². The standard InChI is InChI=1S/C10H15N.3ClH.Co/c1-4-11-10-8(2)6-5-7-9(10)3;;;;/h5-7,11H,4H2,1-3H3;3*1H;/q;;;;+3/p-3. The number of halogens is 3. The molecule has 1 nitrogen and oxygen atoms in total. The van der Waals surface area contributed by atoms with Gasteiger partial charge in [-0.2, -0.15) is 0 Å². The van der Waals surface area contributed by atoms with Gasteiger partial charge in [-0.25, -0.2) is 0 Å². The molecule has 1 rings (SSSR count). The molecule has 0 aromatic heterocycles. The molecule has 90 valence electrons. The van der Waals surface area contributed by atoms with Crippen LogP contribution in [0, 0.1) is 13.8 Å². The summed E-state index contributed by atoms with van der Waals surface area (Å²) in [6, 6.07) is 6.35. The van der Waals surface area contributed by atoms with Gasteiger partial charge in [0.15, 0.2) is 0 Å². The zero-order chi connectivity index (χ0) is 11.8. The van der Waals surface area contributed by atoms with Crippen LogP contribution in [-0.4, -0.2) is 6.54 Å². The molecule has 0 aliphatic rings. The van der Waals surface area contributed by atoms with Crippen molar-refractivity contribution in [3.8, 4) is 0 Å². The predicted molar refractivity (Wildman–Crippen MR) is 67.6 cm³/mol. The molecule has 0 heterocycles. The molecular weight excluding hydrogens is 299 g/mol. The van der Waals surface area contributed by atoms with Gasteiger partial charge >= 0.3 is 41.4 Å². The average Bonchev–Trinajstić information content (AvgIpc) is 2.11. The van der Waals surface area contributed by atoms with Gasteiger partial charge in [-0.05, 0) is 31.9 Å². The molecule has 0 unspecified atom stereocenters. The summed E-state index contributed by atoms with van der Waals surface area (Å²) in [5, 5.41) is 3.34. The van der Waals surface area contributed by atoms with Gasteiger partial charge in [0, 0.05) is 12.2 Å². The van der Waals surface area contributed by atoms with Crippen molar-refractivity contribution in [3.05, 3.63) is 29.3 Å². The summed E-state index contributed by atoms with van der Waals surface area (Å²) in [4.78, 5) is 0. The third-order valence-corrected chi connectivity index (χ3v) is 1.83. The van der Waals surface area contributed by atoms with E-state index in [-0.39, 0.29) is 0 Å². The first-order valence-electron chi connectivity index (χ1n) is 4.43. The second-order valence-electron chi connectivity index (χ2n) is 2.94. The Morgan fingerprint density at radius 1 is 1.13 bits per heavy atom. The molecule has 0 aliphatic carbocycles. The van der Waals surface area contributed by atoms with Gasteiger partial charge in [0.1, 0.15) is 0 Å². The zero-order valence-electron chi connectivity index (χ0n) is 8.91. The zero-order valence-corrected chi connectivity index (χ0v) is 12.2. The van der Waals surface area contributed by atoms with Crippen molar-refractivity contribution in [2.24, 2.45) is 0 Å². The summed E-state index contributed by atoms with van der Waals surface area (Å²) < 4.78 is 0. The Kier molecular flexibility index (Phi) is 8.76. The van der Waals surface area contributed by atoms with Crippen molar-refractivity contribution < 1.29 is 10.9 Å². The Balaban J connectivity index is 0.000000423. The molecular formula is C10H15Cl3CoN. The predicted octanol–water partition coefficient (Wildman–Crippen LogP) is 4.80. The van der Waals surface area contributed by atoms with E-state index in [1.807, 2.05) is 0 Å². The second-order valence-corrected chi connectivity index (χ2v) is 8.10. The second kappa shape index (κ2) is 8.54. The molecule has 5 heteroatoms. The fraction of sp³-hybridized carbons (Fsp3) is 0.400. The van der Waals surface area contributed by atoms with Crippen LogP contribution in [-0.2, 0) is 10.9 Å². The van der Waals surface area contributed by atoms with Crippen LogP contribution in [0.2, 0.25) is 0 Å². The van der Waals surface area contributed by atoms with Crippen LogP contribution in [0.25, 0.3) is 0 Å². The van der Waals surface area contributed by atoms with Crippen LogP contribution in [0.5, 0.6) is 0 Å². The Hall–Kier alpha value is 0.396. The summed E-state index contributed by atoms with van der Waals surface area (Å²) in [7, 11) is 13.4. The van der Waals surface area contributed by atoms with Gasteiger partial charge in [-0.1, -0.05) is 18.2 Å². The maximum atomic E-state index is 4.87. The van der Waals surface area contributed by atoms with E-state index in [0.717, 1.165) is 6.54 Å². The van der Waals surface area contributed by atoms with Crippen molar-refractivity contribution >= 4 is 36.1 Å². The summed E-state index contributed by atoms with van der Waals surface area (Å²) in [6.07, 6.45) is 0. The molecule has 1 aromatic rings. The fourth-order valence-electron chi connectivity index (χ4n) is 1.27. The minimum absolute atomic E-state index is 0.992. The van der Waals surface area contributed by atoms with Crippen LogP contribution in [0.15, 0.2) is 18.2 Å². The van der Waals surface area contributed by atoms with Gasteiger partial charge < -0.3 is 5.32 Å². The van der Waals surface area contributed by atoms with E-state index in [0.29, 0.717) is 0 Å². The quantitative estimate of drug-likeness (QED) is 0.826. The van der Waals surface area contributed by atoms with Gasteiger partial charge in [-0.15, -0.1) is 0 Å². The molecule has 0 radical (unpaired) electrons. The number of para-hydroxylation sites is 1. The summed E-state index contributed by atoms with van der Waals surface area (Å²) in [6.45, 7) is 7.37. The van der Waals surface area contributed by atoms with E-state index in [1.54, 1.807) is 0 Å². The average molecular weight is 315 g/mol. The molecule has 0 amide bonds. The Labute approximate surface area is 109 Å². The molecule has 15 heavy (non-hydrogen) atoms. The van der Waals surface area contributed by atoms with Crippen LogP contribution < -0.4 is 5.32 Å². The number of hydrogen-bond donors (Lipinski definition) is 1. The number of hydrogen-bond acceptors (Lipinski definition) is 1. The monoisotopic (exact) mass is 313 g/mol. The van der Waals surface area contributed by atoms with E-state index in [4.69, 9.17) is 30.4 Å². The summed E-state index contributed by atoms with van der Waals surface area (Å²) in [5.41, 5.74) is 3.94. The van der Waals surface area contributed by atoms with Crippen molar-refractivity contribution in [3.63, 3.8) is 0 Å². The first-order chi connectivity index (χ1) is 6.99. The molecule has 1 aromatic carbocycles. The van der Waals surface area contributed by atoms with Crippen molar-refractivity contribution in [1.82, 2.24) is 0 Å². The molecule has 0 spiro atoms. The van der Waals surface area contributed by atoms with E-state index < -0.39 is 10.9 Å². The van der Waals surface area contributed by atoms with Gasteiger partial charge in [0.2, 0.25) is 0 Å². The molecule has 0 saturated heterocycles. The van der Waals surface area contributed by atoms with E-state index in [9.17, 15) is 0 Å². The number of anilines is 1. The van der Waals surface area contributed by atoms with Crippen LogP contribution in [0.1, 0.15) is 18.1 Å². The van der Waals surface area contributed by atoms with Crippen LogP contribution >= 0.6 is 30.4 Å². The van der Waals surface area contributed by atoms with E-state index >= 15 is 0 Å². The molecule has 0 atom stereocenters. The van der Waals surface area contributed by atoms with Gasteiger partial charge in [-0.3, -0.25) is 0 Å². The van der Waals surface area contributed by atoms with Gasteiger partial charge in [0.25, 0.3) is 0 Å². The van der Waals surface area contributed by atoms with Crippen LogP contribution in [0.3, 0.4) is 0 Å². The summed E-state index contributed by atoms with van der Waals surface area (Å²) in [5.74, 6) is 0. The molecule has 0 bridgehead atoms. The minimum atomic E-state index is -1.19. The molecule has 1 N–H and O–H groups in total. The van der Waals surface area contributed by atoms with Crippen molar-refractivity contribution in [2.45, 2.75) is 20.8 Å². The van der Waals surface area contributed by atoms with E-state index in [1.165, 1.54) is 16.8 Å². The normalized spacial score (nSPS) is 10.1. The first-order valence-corrected chi connectivity index (χ1v) is 8.73. The van der Waals surface area contributed by atoms with Crippen LogP contribution in [0.4, 0.5) is 5.69 Å². The number of rotatable bonds is 2. The third-order valence-electron chi connectivity index (χ3n) is 1.83. The van der Waals surface area contributed by atoms with E-state index in [2.05, 4.69) is 44.3 Å². The Morgan fingerprint density at radius 2 is 1.53 bits per heavy atom. The van der Waals surface area contributed by atoms with Crippen molar-refractivity contribution in [1.29, 1.82) is 0 Å². The number of nitrogens with one attached hydrogen (secondary N) is 1. The molecule has 0 saturated carbocycles. The summed E-state index contributed by atoms with van der Waals surface area (Å²) >= 11 is 0. The SMILES string of the molecule is CCNc1c(C)cccc1C.[Cl][Co]([Cl])[Cl]. The molecule has 0 fully saturated rings. The first kappa shape index (κ1) is 15.4. The van der Waals surface area contributed by atoms with Gasteiger partial charge in [0.05, 0.1) is 0 Å². The Morgan fingerprint density at radius 3 is 1.87 bits per heavy atom.